The van der Waals surface area contributed by atoms with Gasteiger partial charge in [0.05, 0.1) is 4.92 Å². The predicted octanol–water partition coefficient (Wildman–Crippen LogP) is 5.49. The Morgan fingerprint density at radius 2 is 1.87 bits per heavy atom. The molecule has 0 saturated heterocycles. The van der Waals surface area contributed by atoms with Gasteiger partial charge in [0.1, 0.15) is 12.1 Å². The van der Waals surface area contributed by atoms with Gasteiger partial charge in [-0.25, -0.2) is 9.97 Å². The van der Waals surface area contributed by atoms with Crippen LogP contribution in [0, 0.1) is 17.0 Å². The fraction of sp³-hybridized carbons (Fsp3) is 0.200. The number of nitro groups is 1. The van der Waals surface area contributed by atoms with Crippen molar-refractivity contribution < 1.29 is 22.8 Å². The molecule has 11 heteroatoms. The van der Waals surface area contributed by atoms with Crippen molar-refractivity contribution >= 4 is 28.7 Å². The maximum atomic E-state index is 12.3. The Bertz CT molecular complexity index is 1070. The summed E-state index contributed by atoms with van der Waals surface area (Å²) in [5.41, 5.74) is 1.64. The van der Waals surface area contributed by atoms with Crippen molar-refractivity contribution in [2.45, 2.75) is 20.2 Å². The summed E-state index contributed by atoms with van der Waals surface area (Å²) in [5, 5.41) is 14.6. The molecule has 3 rings (SSSR count). The lowest BCUT2D eigenvalue weighted by Gasteiger charge is -2.22. The van der Waals surface area contributed by atoms with Gasteiger partial charge in [-0.3, -0.25) is 10.1 Å². The summed E-state index contributed by atoms with van der Waals surface area (Å²) >= 11 is 0. The number of alkyl halides is 3. The highest BCUT2D eigenvalue weighted by Crippen LogP contribution is 2.37. The lowest BCUT2D eigenvalue weighted by Crippen LogP contribution is -2.20. The second kappa shape index (κ2) is 8.86. The highest BCUT2D eigenvalue weighted by Gasteiger charge is 2.31. The van der Waals surface area contributed by atoms with E-state index in [4.69, 9.17) is 0 Å². The van der Waals surface area contributed by atoms with Crippen LogP contribution < -0.4 is 15.0 Å². The van der Waals surface area contributed by atoms with Crippen molar-refractivity contribution in [2.75, 3.05) is 16.8 Å². The Hall–Kier alpha value is -3.89. The number of aryl methyl sites for hydroxylation is 1. The van der Waals surface area contributed by atoms with E-state index in [1.54, 1.807) is 4.90 Å². The zero-order chi connectivity index (χ0) is 22.6. The van der Waals surface area contributed by atoms with Crippen molar-refractivity contribution in [3.63, 3.8) is 0 Å². The van der Waals surface area contributed by atoms with Gasteiger partial charge in [-0.15, -0.1) is 13.2 Å². The molecular weight excluding hydrogens is 415 g/mol. The van der Waals surface area contributed by atoms with Crippen LogP contribution in [0.4, 0.5) is 41.9 Å². The van der Waals surface area contributed by atoms with Crippen LogP contribution in [0.25, 0.3) is 0 Å². The van der Waals surface area contributed by atoms with E-state index in [0.29, 0.717) is 12.2 Å². The van der Waals surface area contributed by atoms with Crippen molar-refractivity contribution in [1.82, 2.24) is 9.97 Å². The van der Waals surface area contributed by atoms with E-state index in [9.17, 15) is 23.3 Å². The Morgan fingerprint density at radius 3 is 2.45 bits per heavy atom. The van der Waals surface area contributed by atoms with Crippen molar-refractivity contribution in [3.8, 4) is 5.75 Å². The molecule has 0 radical (unpaired) electrons. The zero-order valence-corrected chi connectivity index (χ0v) is 16.6. The Kier molecular flexibility index (Phi) is 6.23. The lowest BCUT2D eigenvalue weighted by atomic mass is 10.2. The van der Waals surface area contributed by atoms with Crippen LogP contribution in [0.2, 0.25) is 0 Å². The van der Waals surface area contributed by atoms with Gasteiger partial charge >= 0.3 is 12.0 Å². The van der Waals surface area contributed by atoms with Gasteiger partial charge in [-0.05, 0) is 55.8 Å². The summed E-state index contributed by atoms with van der Waals surface area (Å²) in [4.78, 5) is 21.0. The standard InChI is InChI=1S/C20H18F3N5O3/c1-3-27(15-6-4-5-13(2)11-15)19-17(28(29)30)18(24-12-25-19)26-14-7-9-16(10-8-14)31-20(21,22)23/h4-12H,3H2,1-2H3,(H,24,25,26). The molecule has 0 saturated carbocycles. The molecule has 0 aliphatic rings. The number of halogens is 3. The summed E-state index contributed by atoms with van der Waals surface area (Å²) in [6.45, 7) is 4.15. The molecule has 1 N–H and O–H groups in total. The molecule has 0 bridgehead atoms. The second-order valence-electron chi connectivity index (χ2n) is 6.43. The van der Waals surface area contributed by atoms with E-state index in [1.165, 1.54) is 18.5 Å². The van der Waals surface area contributed by atoms with Gasteiger partial charge in [0.25, 0.3) is 0 Å². The topological polar surface area (TPSA) is 93.4 Å². The molecule has 0 aliphatic carbocycles. The van der Waals surface area contributed by atoms with E-state index in [1.807, 2.05) is 38.1 Å². The number of nitrogens with zero attached hydrogens (tertiary/aromatic N) is 4. The normalized spacial score (nSPS) is 11.1. The molecule has 8 nitrogen and oxygen atoms in total. The first-order chi connectivity index (χ1) is 14.7. The number of hydrogen-bond acceptors (Lipinski definition) is 7. The van der Waals surface area contributed by atoms with Gasteiger partial charge in [0, 0.05) is 17.9 Å². The Labute approximate surface area is 175 Å². The van der Waals surface area contributed by atoms with Crippen LogP contribution in [0.5, 0.6) is 5.75 Å². The SMILES string of the molecule is CCN(c1cccc(C)c1)c1ncnc(Nc2ccc(OC(F)(F)F)cc2)c1[N+](=O)[O-]. The van der Waals surface area contributed by atoms with Crippen molar-refractivity contribution in [3.05, 3.63) is 70.5 Å². The van der Waals surface area contributed by atoms with Gasteiger partial charge in [0.2, 0.25) is 11.6 Å². The van der Waals surface area contributed by atoms with Crippen molar-refractivity contribution in [1.29, 1.82) is 0 Å². The molecule has 31 heavy (non-hydrogen) atoms. The third-order valence-electron chi connectivity index (χ3n) is 4.22. The molecule has 3 aromatic rings. The monoisotopic (exact) mass is 433 g/mol. The van der Waals surface area contributed by atoms with Crippen LogP contribution >= 0.6 is 0 Å². The maximum Gasteiger partial charge on any atom is 0.573 e. The minimum absolute atomic E-state index is 0.0904. The van der Waals surface area contributed by atoms with Gasteiger partial charge in [-0.1, -0.05) is 12.1 Å². The van der Waals surface area contributed by atoms with Crippen LogP contribution in [0.15, 0.2) is 54.9 Å². The molecular formula is C20H18F3N5O3. The number of ether oxygens (including phenoxy) is 1. The van der Waals surface area contributed by atoms with Crippen LogP contribution in [-0.2, 0) is 0 Å². The molecule has 0 atom stereocenters. The summed E-state index contributed by atoms with van der Waals surface area (Å²) in [7, 11) is 0. The number of rotatable bonds is 7. The number of anilines is 4. The summed E-state index contributed by atoms with van der Waals surface area (Å²) in [5.74, 6) is -0.411. The molecule has 0 unspecified atom stereocenters. The van der Waals surface area contributed by atoms with Gasteiger partial charge < -0.3 is 15.0 Å². The lowest BCUT2D eigenvalue weighted by molar-refractivity contribution is -0.383. The molecule has 2 aromatic carbocycles. The molecule has 1 aromatic heterocycles. The fourth-order valence-electron chi connectivity index (χ4n) is 2.95. The summed E-state index contributed by atoms with van der Waals surface area (Å²) < 4.78 is 40.8. The van der Waals surface area contributed by atoms with E-state index in [0.717, 1.165) is 23.4 Å². The smallest absolute Gasteiger partial charge is 0.406 e. The van der Waals surface area contributed by atoms with Crippen LogP contribution in [-0.4, -0.2) is 27.8 Å². The molecule has 0 spiro atoms. The number of benzene rings is 2. The fourth-order valence-corrected chi connectivity index (χ4v) is 2.95. The van der Waals surface area contributed by atoms with Crippen LogP contribution in [0.3, 0.4) is 0 Å². The number of aromatic nitrogens is 2. The average Bonchev–Trinajstić information content (AvgIpc) is 2.69. The zero-order valence-electron chi connectivity index (χ0n) is 16.6. The minimum Gasteiger partial charge on any atom is -0.406 e. The summed E-state index contributed by atoms with van der Waals surface area (Å²) in [6, 6.07) is 12.2. The van der Waals surface area contributed by atoms with Gasteiger partial charge in [-0.2, -0.15) is 0 Å². The van der Waals surface area contributed by atoms with E-state index in [-0.39, 0.29) is 17.3 Å². The average molecular weight is 433 g/mol. The number of nitrogens with one attached hydrogen (secondary N) is 1. The van der Waals surface area contributed by atoms with E-state index in [2.05, 4.69) is 20.0 Å². The first-order valence-corrected chi connectivity index (χ1v) is 9.14. The second-order valence-corrected chi connectivity index (χ2v) is 6.43. The first-order valence-electron chi connectivity index (χ1n) is 9.14. The number of hydrogen-bond donors (Lipinski definition) is 1. The third kappa shape index (κ3) is 5.38. The third-order valence-corrected chi connectivity index (χ3v) is 4.22. The minimum atomic E-state index is -4.81. The Balaban J connectivity index is 1.96. The molecule has 0 amide bonds. The van der Waals surface area contributed by atoms with Gasteiger partial charge in [0.15, 0.2) is 0 Å². The van der Waals surface area contributed by atoms with Crippen LogP contribution in [0.1, 0.15) is 12.5 Å². The van der Waals surface area contributed by atoms with E-state index < -0.39 is 17.0 Å². The molecule has 162 valence electrons. The maximum absolute atomic E-state index is 12.3. The largest absolute Gasteiger partial charge is 0.573 e. The highest BCUT2D eigenvalue weighted by molar-refractivity contribution is 5.78. The predicted molar refractivity (Wildman–Crippen MR) is 109 cm³/mol. The highest BCUT2D eigenvalue weighted by atomic mass is 19.4. The molecule has 0 fully saturated rings. The quantitative estimate of drug-likeness (QED) is 0.389. The summed E-state index contributed by atoms with van der Waals surface area (Å²) in [6.07, 6.45) is -3.63. The van der Waals surface area contributed by atoms with E-state index >= 15 is 0 Å². The van der Waals surface area contributed by atoms with Crippen molar-refractivity contribution in [2.24, 2.45) is 0 Å². The first kappa shape index (κ1) is 21.8. The molecule has 1 heterocycles. The Morgan fingerprint density at radius 1 is 1.16 bits per heavy atom. The molecule has 0 aliphatic heterocycles.